The van der Waals surface area contributed by atoms with Crippen LogP contribution >= 0.6 is 15.9 Å². The Hall–Kier alpha value is -3.70. The Balaban J connectivity index is 1.91. The predicted octanol–water partition coefficient (Wildman–Crippen LogP) is 6.15. The number of nitriles is 1. The van der Waals surface area contributed by atoms with Gasteiger partial charge in [-0.15, -0.1) is 0 Å². The van der Waals surface area contributed by atoms with Crippen LogP contribution in [0.1, 0.15) is 16.7 Å². The van der Waals surface area contributed by atoms with Crippen LogP contribution in [0.3, 0.4) is 0 Å². The third kappa shape index (κ3) is 5.47. The number of benzene rings is 3. The van der Waals surface area contributed by atoms with Crippen LogP contribution in [0, 0.1) is 27.3 Å². The maximum absolute atomic E-state index is 13.1. The molecule has 31 heavy (non-hydrogen) atoms. The smallest absolute Gasteiger partial charge is 0.270 e. The van der Waals surface area contributed by atoms with Crippen LogP contribution < -0.4 is 9.47 Å². The monoisotopic (exact) mass is 482 g/mol. The van der Waals surface area contributed by atoms with Crippen molar-refractivity contribution in [3.05, 3.63) is 97.8 Å². The second-order valence-corrected chi connectivity index (χ2v) is 7.27. The quantitative estimate of drug-likeness (QED) is 0.174. The Bertz CT molecular complexity index is 1190. The Labute approximate surface area is 186 Å². The Morgan fingerprint density at radius 2 is 1.94 bits per heavy atom. The van der Waals surface area contributed by atoms with Gasteiger partial charge in [-0.1, -0.05) is 40.2 Å². The predicted molar refractivity (Wildman–Crippen MR) is 118 cm³/mol. The first-order valence-corrected chi connectivity index (χ1v) is 9.82. The Morgan fingerprint density at radius 3 is 2.58 bits per heavy atom. The lowest BCUT2D eigenvalue weighted by atomic mass is 10.0. The zero-order valence-corrected chi connectivity index (χ0v) is 17.9. The van der Waals surface area contributed by atoms with Crippen LogP contribution in [0.15, 0.2) is 65.1 Å². The molecule has 0 unspecified atom stereocenters. The third-order valence-electron chi connectivity index (χ3n) is 4.38. The van der Waals surface area contributed by atoms with E-state index in [1.54, 1.807) is 36.4 Å². The maximum atomic E-state index is 13.1. The second-order valence-electron chi connectivity index (χ2n) is 6.42. The normalized spacial score (nSPS) is 11.0. The molecule has 0 radical (unpaired) electrons. The van der Waals surface area contributed by atoms with Gasteiger partial charge in [0.1, 0.15) is 12.4 Å². The number of non-ortho nitro benzene ring substituents is 1. The van der Waals surface area contributed by atoms with E-state index in [0.29, 0.717) is 27.1 Å². The SMILES string of the molecule is COc1cc(/C=C(/C#N)c2cccc([N+](=O)[O-])c2)c(Br)cc1OCc1ccc(F)cc1. The molecule has 0 aliphatic carbocycles. The van der Waals surface area contributed by atoms with Gasteiger partial charge in [-0.3, -0.25) is 10.1 Å². The van der Waals surface area contributed by atoms with E-state index in [0.717, 1.165) is 5.56 Å². The van der Waals surface area contributed by atoms with Crippen molar-refractivity contribution in [2.45, 2.75) is 6.61 Å². The molecular weight excluding hydrogens is 467 g/mol. The molecule has 0 N–H and O–H groups in total. The van der Waals surface area contributed by atoms with Crippen molar-refractivity contribution in [1.82, 2.24) is 0 Å². The van der Waals surface area contributed by atoms with Crippen LogP contribution in [-0.2, 0) is 6.61 Å². The van der Waals surface area contributed by atoms with E-state index in [1.807, 2.05) is 0 Å². The zero-order chi connectivity index (χ0) is 22.4. The molecule has 0 amide bonds. The van der Waals surface area contributed by atoms with E-state index in [1.165, 1.54) is 37.4 Å². The van der Waals surface area contributed by atoms with Gasteiger partial charge in [0.25, 0.3) is 5.69 Å². The van der Waals surface area contributed by atoms with Gasteiger partial charge in [0, 0.05) is 16.6 Å². The summed E-state index contributed by atoms with van der Waals surface area (Å²) >= 11 is 3.47. The maximum Gasteiger partial charge on any atom is 0.270 e. The van der Waals surface area contributed by atoms with E-state index in [-0.39, 0.29) is 23.7 Å². The van der Waals surface area contributed by atoms with Crippen LogP contribution in [0.5, 0.6) is 11.5 Å². The first kappa shape index (κ1) is 22.0. The molecule has 3 rings (SSSR count). The van der Waals surface area contributed by atoms with Crippen molar-refractivity contribution >= 4 is 33.3 Å². The topological polar surface area (TPSA) is 85.4 Å². The summed E-state index contributed by atoms with van der Waals surface area (Å²) in [5.41, 5.74) is 2.01. The van der Waals surface area contributed by atoms with E-state index in [9.17, 15) is 19.8 Å². The molecule has 0 saturated heterocycles. The van der Waals surface area contributed by atoms with Gasteiger partial charge in [0.15, 0.2) is 11.5 Å². The number of ether oxygens (including phenoxy) is 2. The van der Waals surface area contributed by atoms with Gasteiger partial charge in [-0.25, -0.2) is 4.39 Å². The van der Waals surface area contributed by atoms with Crippen LogP contribution in [0.25, 0.3) is 11.6 Å². The van der Waals surface area contributed by atoms with E-state index < -0.39 is 4.92 Å². The van der Waals surface area contributed by atoms with Crippen molar-refractivity contribution in [2.24, 2.45) is 0 Å². The summed E-state index contributed by atoms with van der Waals surface area (Å²) < 4.78 is 24.9. The molecule has 0 aliphatic heterocycles. The summed E-state index contributed by atoms with van der Waals surface area (Å²) in [5.74, 6) is 0.579. The zero-order valence-electron chi connectivity index (χ0n) is 16.3. The molecule has 0 spiro atoms. The van der Waals surface area contributed by atoms with Crippen LogP contribution in [0.4, 0.5) is 10.1 Å². The Kier molecular flexibility index (Phi) is 7.00. The molecule has 0 fully saturated rings. The van der Waals surface area contributed by atoms with Gasteiger partial charge in [-0.2, -0.15) is 5.26 Å². The lowest BCUT2D eigenvalue weighted by Crippen LogP contribution is -1.98. The van der Waals surface area contributed by atoms with E-state index in [4.69, 9.17) is 9.47 Å². The standard InChI is InChI=1S/C23H16BrFN2O4/c1-30-22-11-17(9-18(13-26)16-3-2-4-20(10-16)27(28)29)21(24)12-23(22)31-14-15-5-7-19(25)8-6-15/h2-12H,14H2,1H3/b18-9-. The molecule has 0 heterocycles. The molecular formula is C23H16BrFN2O4. The lowest BCUT2D eigenvalue weighted by Gasteiger charge is -2.13. The summed E-state index contributed by atoms with van der Waals surface area (Å²) in [4.78, 5) is 10.5. The van der Waals surface area contributed by atoms with Gasteiger partial charge >= 0.3 is 0 Å². The average Bonchev–Trinajstić information content (AvgIpc) is 2.78. The van der Waals surface area contributed by atoms with Gasteiger partial charge < -0.3 is 9.47 Å². The highest BCUT2D eigenvalue weighted by Crippen LogP contribution is 2.36. The fourth-order valence-corrected chi connectivity index (χ4v) is 3.24. The molecule has 0 bridgehead atoms. The number of allylic oxidation sites excluding steroid dienone is 1. The fraction of sp³-hybridized carbons (Fsp3) is 0.0870. The molecule has 3 aromatic rings. The molecule has 0 saturated carbocycles. The number of nitrogens with zero attached hydrogens (tertiary/aromatic N) is 2. The van der Waals surface area contributed by atoms with Gasteiger partial charge in [0.2, 0.25) is 0 Å². The highest BCUT2D eigenvalue weighted by molar-refractivity contribution is 9.10. The van der Waals surface area contributed by atoms with E-state index >= 15 is 0 Å². The molecule has 156 valence electrons. The van der Waals surface area contributed by atoms with Gasteiger partial charge in [0.05, 0.1) is 23.7 Å². The summed E-state index contributed by atoms with van der Waals surface area (Å²) in [6, 6.07) is 17.3. The number of hydrogen-bond donors (Lipinski definition) is 0. The third-order valence-corrected chi connectivity index (χ3v) is 5.07. The molecule has 0 aliphatic rings. The number of nitro groups is 1. The minimum Gasteiger partial charge on any atom is -0.493 e. The molecule has 0 atom stereocenters. The van der Waals surface area contributed by atoms with Crippen LogP contribution in [-0.4, -0.2) is 12.0 Å². The summed E-state index contributed by atoms with van der Waals surface area (Å²) in [5, 5.41) is 20.6. The first-order valence-electron chi connectivity index (χ1n) is 9.02. The van der Waals surface area contributed by atoms with Crippen molar-refractivity contribution in [3.63, 3.8) is 0 Å². The van der Waals surface area contributed by atoms with Gasteiger partial charge in [-0.05, 0) is 47.0 Å². The summed E-state index contributed by atoms with van der Waals surface area (Å²) in [7, 11) is 1.49. The number of methoxy groups -OCH3 is 1. The molecule has 3 aromatic carbocycles. The van der Waals surface area contributed by atoms with E-state index in [2.05, 4.69) is 22.0 Å². The van der Waals surface area contributed by atoms with Crippen molar-refractivity contribution in [2.75, 3.05) is 7.11 Å². The highest BCUT2D eigenvalue weighted by Gasteiger charge is 2.13. The van der Waals surface area contributed by atoms with Crippen molar-refractivity contribution < 1.29 is 18.8 Å². The Morgan fingerprint density at radius 1 is 1.19 bits per heavy atom. The first-order chi connectivity index (χ1) is 14.9. The molecule has 6 nitrogen and oxygen atoms in total. The number of rotatable bonds is 7. The number of nitro benzene ring substituents is 1. The number of halogens is 2. The fourth-order valence-electron chi connectivity index (χ4n) is 2.80. The van der Waals surface area contributed by atoms with Crippen molar-refractivity contribution in [1.29, 1.82) is 5.26 Å². The molecule has 0 aromatic heterocycles. The lowest BCUT2D eigenvalue weighted by molar-refractivity contribution is -0.384. The largest absolute Gasteiger partial charge is 0.493 e. The average molecular weight is 483 g/mol. The second kappa shape index (κ2) is 9.87. The molecule has 8 heteroatoms. The summed E-state index contributed by atoms with van der Waals surface area (Å²) in [6.45, 7) is 0.218. The minimum atomic E-state index is -0.509. The summed E-state index contributed by atoms with van der Waals surface area (Å²) in [6.07, 6.45) is 1.61. The minimum absolute atomic E-state index is 0.0974. The highest BCUT2D eigenvalue weighted by atomic mass is 79.9. The van der Waals surface area contributed by atoms with Crippen molar-refractivity contribution in [3.8, 4) is 17.6 Å². The number of hydrogen-bond acceptors (Lipinski definition) is 5. The van der Waals surface area contributed by atoms with Crippen LogP contribution in [0.2, 0.25) is 0 Å².